The summed E-state index contributed by atoms with van der Waals surface area (Å²) in [7, 11) is 1.54. The second kappa shape index (κ2) is 3.27. The van der Waals surface area contributed by atoms with Gasteiger partial charge in [0, 0.05) is 12.3 Å². The summed E-state index contributed by atoms with van der Waals surface area (Å²) in [4.78, 5) is 14.9. The molecule has 2 aromatic heterocycles. The zero-order chi connectivity index (χ0) is 11.0. The molecule has 0 saturated heterocycles. The van der Waals surface area contributed by atoms with Crippen LogP contribution in [0.3, 0.4) is 0 Å². The van der Waals surface area contributed by atoms with Gasteiger partial charge >= 0.3 is 5.97 Å². The van der Waals surface area contributed by atoms with E-state index in [1.807, 2.05) is 0 Å². The molecule has 0 aromatic carbocycles. The highest BCUT2D eigenvalue weighted by atomic mass is 16.5. The van der Waals surface area contributed by atoms with Crippen LogP contribution in [-0.4, -0.2) is 27.6 Å². The molecule has 0 aliphatic rings. The topological polar surface area (TPSA) is 63.8 Å². The predicted molar refractivity (Wildman–Crippen MR) is 53.4 cm³/mol. The van der Waals surface area contributed by atoms with Gasteiger partial charge in [0.1, 0.15) is 11.6 Å². The summed E-state index contributed by atoms with van der Waals surface area (Å²) in [6.45, 7) is 1.76. The monoisotopic (exact) mass is 206 g/mol. The van der Waals surface area contributed by atoms with Crippen molar-refractivity contribution in [3.8, 4) is 5.75 Å². The third-order valence-electron chi connectivity index (χ3n) is 2.23. The first-order valence-corrected chi connectivity index (χ1v) is 4.39. The van der Waals surface area contributed by atoms with Gasteiger partial charge in [0.15, 0.2) is 5.69 Å². The smallest absolute Gasteiger partial charge is 0.356 e. The molecule has 0 saturated carbocycles. The van der Waals surface area contributed by atoms with Crippen molar-refractivity contribution in [3.05, 3.63) is 29.8 Å². The van der Waals surface area contributed by atoms with Crippen molar-refractivity contribution in [2.24, 2.45) is 0 Å². The number of imidazole rings is 1. The Morgan fingerprint density at radius 3 is 2.93 bits per heavy atom. The molecule has 2 aromatic rings. The highest BCUT2D eigenvalue weighted by Gasteiger charge is 2.14. The van der Waals surface area contributed by atoms with Crippen LogP contribution in [0.5, 0.6) is 5.75 Å². The number of hydrogen-bond donors (Lipinski definition) is 1. The third kappa shape index (κ3) is 1.41. The first-order chi connectivity index (χ1) is 7.13. The molecule has 0 fully saturated rings. The van der Waals surface area contributed by atoms with Crippen molar-refractivity contribution < 1.29 is 14.6 Å². The fraction of sp³-hybridized carbons (Fsp3) is 0.200. The number of carboxylic acids is 1. The Labute approximate surface area is 85.9 Å². The lowest BCUT2D eigenvalue weighted by Gasteiger charge is -2.01. The maximum absolute atomic E-state index is 10.9. The van der Waals surface area contributed by atoms with Crippen molar-refractivity contribution in [2.75, 3.05) is 7.11 Å². The Kier molecular flexibility index (Phi) is 2.07. The second-order valence-corrected chi connectivity index (χ2v) is 3.13. The van der Waals surface area contributed by atoms with Gasteiger partial charge in [-0.15, -0.1) is 0 Å². The molecular formula is C10H10N2O3. The SMILES string of the molecule is COc1ccn2c(C)nc(C(=O)O)c2c1. The summed E-state index contributed by atoms with van der Waals surface area (Å²) in [5, 5.41) is 8.94. The molecular weight excluding hydrogens is 196 g/mol. The number of ether oxygens (including phenoxy) is 1. The fourth-order valence-corrected chi connectivity index (χ4v) is 1.50. The average Bonchev–Trinajstić information content (AvgIpc) is 2.56. The highest BCUT2D eigenvalue weighted by Crippen LogP contribution is 2.18. The largest absolute Gasteiger partial charge is 0.497 e. The maximum Gasteiger partial charge on any atom is 0.356 e. The Bertz CT molecular complexity index is 531. The molecule has 5 nitrogen and oxygen atoms in total. The molecule has 0 atom stereocenters. The number of hydrogen-bond acceptors (Lipinski definition) is 3. The van der Waals surface area contributed by atoms with E-state index >= 15 is 0 Å². The van der Waals surface area contributed by atoms with Crippen LogP contribution in [0.15, 0.2) is 18.3 Å². The molecule has 2 rings (SSSR count). The fourth-order valence-electron chi connectivity index (χ4n) is 1.50. The number of carboxylic acid groups (broad SMARTS) is 1. The maximum atomic E-state index is 10.9. The van der Waals surface area contributed by atoms with E-state index in [1.165, 1.54) is 7.11 Å². The Hall–Kier alpha value is -2.04. The first-order valence-electron chi connectivity index (χ1n) is 4.39. The zero-order valence-electron chi connectivity index (χ0n) is 8.39. The quantitative estimate of drug-likeness (QED) is 0.805. The van der Waals surface area contributed by atoms with Gasteiger partial charge in [-0.25, -0.2) is 9.78 Å². The Morgan fingerprint density at radius 1 is 1.60 bits per heavy atom. The van der Waals surface area contributed by atoms with Gasteiger partial charge < -0.3 is 14.2 Å². The summed E-state index contributed by atoms with van der Waals surface area (Å²) >= 11 is 0. The number of aromatic carboxylic acids is 1. The van der Waals surface area contributed by atoms with Crippen molar-refractivity contribution in [3.63, 3.8) is 0 Å². The van der Waals surface area contributed by atoms with E-state index in [0.29, 0.717) is 17.1 Å². The van der Waals surface area contributed by atoms with Gasteiger partial charge in [0.05, 0.1) is 12.6 Å². The normalized spacial score (nSPS) is 10.5. The molecule has 0 spiro atoms. The molecule has 0 aliphatic carbocycles. The second-order valence-electron chi connectivity index (χ2n) is 3.13. The van der Waals surface area contributed by atoms with Crippen LogP contribution in [0, 0.1) is 6.92 Å². The van der Waals surface area contributed by atoms with Crippen LogP contribution in [0.25, 0.3) is 5.52 Å². The number of methoxy groups -OCH3 is 1. The van der Waals surface area contributed by atoms with Crippen LogP contribution in [0.1, 0.15) is 16.3 Å². The van der Waals surface area contributed by atoms with Gasteiger partial charge in [0.2, 0.25) is 0 Å². The molecule has 78 valence electrons. The molecule has 0 unspecified atom stereocenters. The average molecular weight is 206 g/mol. The number of nitrogens with zero attached hydrogens (tertiary/aromatic N) is 2. The van der Waals surface area contributed by atoms with E-state index in [1.54, 1.807) is 29.7 Å². The molecule has 2 heterocycles. The first kappa shape index (κ1) is 9.51. The molecule has 15 heavy (non-hydrogen) atoms. The van der Waals surface area contributed by atoms with E-state index in [4.69, 9.17) is 9.84 Å². The van der Waals surface area contributed by atoms with Crippen molar-refractivity contribution in [1.29, 1.82) is 0 Å². The van der Waals surface area contributed by atoms with Crippen LogP contribution in [0.2, 0.25) is 0 Å². The van der Waals surface area contributed by atoms with E-state index in [-0.39, 0.29) is 5.69 Å². The summed E-state index contributed by atoms with van der Waals surface area (Å²) < 4.78 is 6.75. The molecule has 0 amide bonds. The van der Waals surface area contributed by atoms with Gasteiger partial charge in [0.25, 0.3) is 0 Å². The summed E-state index contributed by atoms with van der Waals surface area (Å²) in [6.07, 6.45) is 1.74. The minimum absolute atomic E-state index is 0.0476. The lowest BCUT2D eigenvalue weighted by atomic mass is 10.3. The minimum Gasteiger partial charge on any atom is -0.497 e. The van der Waals surface area contributed by atoms with E-state index < -0.39 is 5.97 Å². The zero-order valence-corrected chi connectivity index (χ0v) is 8.39. The van der Waals surface area contributed by atoms with E-state index in [0.717, 1.165) is 0 Å². The lowest BCUT2D eigenvalue weighted by Crippen LogP contribution is -1.97. The summed E-state index contributed by atoms with van der Waals surface area (Å²) in [5.41, 5.74) is 0.589. The third-order valence-corrected chi connectivity index (χ3v) is 2.23. The number of pyridine rings is 1. The standard InChI is InChI=1S/C10H10N2O3/c1-6-11-9(10(13)14)8-5-7(15-2)3-4-12(6)8/h3-5H,1-2H3,(H,13,14). The molecule has 0 aliphatic heterocycles. The van der Waals surface area contributed by atoms with Crippen LogP contribution in [0.4, 0.5) is 0 Å². The van der Waals surface area contributed by atoms with Crippen LogP contribution in [-0.2, 0) is 0 Å². The van der Waals surface area contributed by atoms with Gasteiger partial charge in [-0.3, -0.25) is 0 Å². The van der Waals surface area contributed by atoms with E-state index in [9.17, 15) is 4.79 Å². The number of carbonyl (C=O) groups is 1. The van der Waals surface area contributed by atoms with Crippen molar-refractivity contribution in [1.82, 2.24) is 9.38 Å². The molecule has 0 radical (unpaired) electrons. The summed E-state index contributed by atoms with van der Waals surface area (Å²) in [6, 6.07) is 3.41. The predicted octanol–water partition coefficient (Wildman–Crippen LogP) is 1.35. The molecule has 1 N–H and O–H groups in total. The Balaban J connectivity index is 2.77. The number of aromatic nitrogens is 2. The van der Waals surface area contributed by atoms with Crippen molar-refractivity contribution in [2.45, 2.75) is 6.92 Å². The van der Waals surface area contributed by atoms with Gasteiger partial charge in [-0.2, -0.15) is 0 Å². The Morgan fingerprint density at radius 2 is 2.33 bits per heavy atom. The highest BCUT2D eigenvalue weighted by molar-refractivity contribution is 5.94. The molecule has 5 heteroatoms. The van der Waals surface area contributed by atoms with Crippen LogP contribution < -0.4 is 4.74 Å². The number of fused-ring (bicyclic) bond motifs is 1. The van der Waals surface area contributed by atoms with Gasteiger partial charge in [-0.1, -0.05) is 0 Å². The van der Waals surface area contributed by atoms with Gasteiger partial charge in [-0.05, 0) is 13.0 Å². The van der Waals surface area contributed by atoms with Crippen LogP contribution >= 0.6 is 0 Å². The summed E-state index contributed by atoms with van der Waals surface area (Å²) in [5.74, 6) is 0.226. The van der Waals surface area contributed by atoms with E-state index in [2.05, 4.69) is 4.98 Å². The number of rotatable bonds is 2. The number of aryl methyl sites for hydroxylation is 1. The molecule has 0 bridgehead atoms. The minimum atomic E-state index is -1.03. The lowest BCUT2D eigenvalue weighted by molar-refractivity contribution is 0.0693. The van der Waals surface area contributed by atoms with Crippen molar-refractivity contribution >= 4 is 11.5 Å².